The smallest absolute Gasteiger partial charge is 0.242 e. The van der Waals surface area contributed by atoms with E-state index < -0.39 is 10.0 Å². The highest BCUT2D eigenvalue weighted by Crippen LogP contribution is 2.23. The van der Waals surface area contributed by atoms with E-state index in [0.29, 0.717) is 17.4 Å². The molecule has 0 saturated carbocycles. The Bertz CT molecular complexity index is 812. The Hall–Kier alpha value is -1.69. The lowest BCUT2D eigenvalue weighted by molar-refractivity contribution is 0.410. The van der Waals surface area contributed by atoms with Crippen LogP contribution in [0.4, 0.5) is 0 Å². The molecule has 0 bridgehead atoms. The van der Waals surface area contributed by atoms with Crippen molar-refractivity contribution in [1.82, 2.24) is 9.62 Å². The molecular weight excluding hydrogens is 344 g/mol. The first-order valence-electron chi connectivity index (χ1n) is 9.09. The first-order valence-corrected chi connectivity index (χ1v) is 10.5. The maximum absolute atomic E-state index is 12.3. The molecule has 4 nitrogen and oxygen atoms in total. The molecule has 2 aromatic carbocycles. The highest BCUT2D eigenvalue weighted by molar-refractivity contribution is 7.89. The predicted octanol–water partition coefficient (Wildman–Crippen LogP) is 3.99. The fraction of sp³-hybridized carbons (Fsp3) is 0.429. The minimum absolute atomic E-state index is 0.218. The van der Waals surface area contributed by atoms with E-state index >= 15 is 0 Å². The van der Waals surface area contributed by atoms with E-state index in [0.717, 1.165) is 12.0 Å². The van der Waals surface area contributed by atoms with Crippen LogP contribution in [0.15, 0.2) is 53.4 Å². The van der Waals surface area contributed by atoms with Gasteiger partial charge in [-0.2, -0.15) is 0 Å². The van der Waals surface area contributed by atoms with Crippen LogP contribution in [0.1, 0.15) is 43.5 Å². The van der Waals surface area contributed by atoms with Gasteiger partial charge in [0.2, 0.25) is 10.0 Å². The van der Waals surface area contributed by atoms with E-state index in [1.807, 2.05) is 6.07 Å². The molecule has 0 saturated heterocycles. The minimum Gasteiger partial charge on any atom is -0.306 e. The summed E-state index contributed by atoms with van der Waals surface area (Å²) in [4.78, 5) is 0.329. The first-order chi connectivity index (χ1) is 12.3. The van der Waals surface area contributed by atoms with Gasteiger partial charge in [-0.25, -0.2) is 12.7 Å². The van der Waals surface area contributed by atoms with E-state index in [4.69, 9.17) is 0 Å². The Kier molecular flexibility index (Phi) is 6.98. The lowest BCUT2D eigenvalue weighted by atomic mass is 9.94. The number of nitrogens with zero attached hydrogens (tertiary/aromatic N) is 1. The molecular formula is C21H30N2O2S. The van der Waals surface area contributed by atoms with Gasteiger partial charge >= 0.3 is 0 Å². The first kappa shape index (κ1) is 20.6. The third-order valence-electron chi connectivity index (χ3n) is 4.62. The predicted molar refractivity (Wildman–Crippen MR) is 108 cm³/mol. The average Bonchev–Trinajstić information content (AvgIpc) is 2.62. The van der Waals surface area contributed by atoms with Crippen molar-refractivity contribution in [3.05, 3.63) is 65.2 Å². The molecule has 5 heteroatoms. The van der Waals surface area contributed by atoms with Crippen molar-refractivity contribution >= 4 is 10.0 Å². The maximum atomic E-state index is 12.3. The number of benzene rings is 2. The summed E-state index contributed by atoms with van der Waals surface area (Å²) in [5.74, 6) is 0.427. The molecule has 0 aliphatic heterocycles. The normalized spacial score (nSPS) is 13.3. The third-order valence-corrected chi connectivity index (χ3v) is 6.43. The van der Waals surface area contributed by atoms with E-state index in [-0.39, 0.29) is 6.04 Å². The maximum Gasteiger partial charge on any atom is 0.242 e. The van der Waals surface area contributed by atoms with Gasteiger partial charge in [-0.15, -0.1) is 0 Å². The molecule has 0 amide bonds. The van der Waals surface area contributed by atoms with Gasteiger partial charge in [-0.3, -0.25) is 0 Å². The number of hydrogen-bond acceptors (Lipinski definition) is 3. The van der Waals surface area contributed by atoms with Crippen LogP contribution < -0.4 is 5.32 Å². The van der Waals surface area contributed by atoms with Crippen LogP contribution in [0.2, 0.25) is 0 Å². The quantitative estimate of drug-likeness (QED) is 0.760. The molecule has 1 atom stereocenters. The van der Waals surface area contributed by atoms with E-state index in [2.05, 4.69) is 50.4 Å². The van der Waals surface area contributed by atoms with Gasteiger partial charge in [0.05, 0.1) is 4.90 Å². The second-order valence-corrected chi connectivity index (χ2v) is 9.28. The molecule has 26 heavy (non-hydrogen) atoms. The fourth-order valence-electron chi connectivity index (χ4n) is 2.95. The second-order valence-electron chi connectivity index (χ2n) is 7.13. The molecule has 142 valence electrons. The molecule has 1 unspecified atom stereocenters. The highest BCUT2D eigenvalue weighted by Gasteiger charge is 2.18. The summed E-state index contributed by atoms with van der Waals surface area (Å²) >= 11 is 0. The monoisotopic (exact) mass is 374 g/mol. The number of nitrogens with one attached hydrogen (secondary N) is 1. The Morgan fingerprint density at radius 2 is 1.65 bits per heavy atom. The Labute approximate surface area is 158 Å². The van der Waals surface area contributed by atoms with Crippen LogP contribution in [0.5, 0.6) is 0 Å². The van der Waals surface area contributed by atoms with Crippen LogP contribution in [0, 0.1) is 5.92 Å². The summed E-state index contributed by atoms with van der Waals surface area (Å²) in [5, 5.41) is 3.59. The zero-order valence-corrected chi connectivity index (χ0v) is 17.2. The zero-order chi connectivity index (χ0) is 19.3. The molecule has 0 aliphatic rings. The number of hydrogen-bond donors (Lipinski definition) is 1. The largest absolute Gasteiger partial charge is 0.306 e. The molecule has 2 rings (SSSR count). The van der Waals surface area contributed by atoms with Crippen molar-refractivity contribution < 1.29 is 8.42 Å². The standard InChI is InChI=1S/C21H30N2O2S/c1-6-17-10-12-19(13-11-17)21(16(2)3)22-15-18-8-7-9-20(14-18)26(24,25)23(4)5/h7-14,16,21-22H,6,15H2,1-5H3. The molecule has 0 fully saturated rings. The summed E-state index contributed by atoms with van der Waals surface area (Å²) in [6.45, 7) is 7.16. The third kappa shape index (κ3) is 4.93. The molecule has 0 heterocycles. The van der Waals surface area contributed by atoms with E-state index in [9.17, 15) is 8.42 Å². The highest BCUT2D eigenvalue weighted by atomic mass is 32.2. The summed E-state index contributed by atoms with van der Waals surface area (Å²) in [6, 6.07) is 16.1. The van der Waals surface area contributed by atoms with Crippen molar-refractivity contribution in [2.45, 2.75) is 44.7 Å². The van der Waals surface area contributed by atoms with Gasteiger partial charge in [0.25, 0.3) is 0 Å². The molecule has 2 aromatic rings. The second kappa shape index (κ2) is 8.80. The van der Waals surface area contributed by atoms with Gasteiger partial charge in [0, 0.05) is 26.7 Å². The molecule has 0 aromatic heterocycles. The Morgan fingerprint density at radius 1 is 1.00 bits per heavy atom. The lowest BCUT2D eigenvalue weighted by Crippen LogP contribution is -2.26. The van der Waals surface area contributed by atoms with Crippen molar-refractivity contribution in [3.63, 3.8) is 0 Å². The van der Waals surface area contributed by atoms with Crippen LogP contribution in [0.25, 0.3) is 0 Å². The van der Waals surface area contributed by atoms with Crippen LogP contribution in [-0.2, 0) is 23.0 Å². The number of rotatable bonds is 8. The summed E-state index contributed by atoms with van der Waals surface area (Å²) in [6.07, 6.45) is 1.03. The van der Waals surface area contributed by atoms with Gasteiger partial charge in [0.1, 0.15) is 0 Å². The van der Waals surface area contributed by atoms with Crippen molar-refractivity contribution in [1.29, 1.82) is 0 Å². The van der Waals surface area contributed by atoms with Gasteiger partial charge in [-0.05, 0) is 41.2 Å². The lowest BCUT2D eigenvalue weighted by Gasteiger charge is -2.23. The van der Waals surface area contributed by atoms with E-state index in [1.165, 1.54) is 15.4 Å². The van der Waals surface area contributed by atoms with Crippen LogP contribution >= 0.6 is 0 Å². The van der Waals surface area contributed by atoms with Crippen molar-refractivity contribution in [2.24, 2.45) is 5.92 Å². The number of aryl methyl sites for hydroxylation is 1. The van der Waals surface area contributed by atoms with Crippen LogP contribution in [-0.4, -0.2) is 26.8 Å². The molecule has 0 spiro atoms. The van der Waals surface area contributed by atoms with Crippen molar-refractivity contribution in [3.8, 4) is 0 Å². The SMILES string of the molecule is CCc1ccc(C(NCc2cccc(S(=O)(=O)N(C)C)c2)C(C)C)cc1. The zero-order valence-electron chi connectivity index (χ0n) is 16.4. The summed E-state index contributed by atoms with van der Waals surface area (Å²) < 4.78 is 25.9. The molecule has 1 N–H and O–H groups in total. The average molecular weight is 375 g/mol. The van der Waals surface area contributed by atoms with Gasteiger partial charge < -0.3 is 5.32 Å². The van der Waals surface area contributed by atoms with Gasteiger partial charge in [0.15, 0.2) is 0 Å². The Morgan fingerprint density at radius 3 is 2.19 bits per heavy atom. The number of sulfonamides is 1. The van der Waals surface area contributed by atoms with E-state index in [1.54, 1.807) is 32.3 Å². The Balaban J connectivity index is 2.17. The summed E-state index contributed by atoms with van der Waals surface area (Å²) in [7, 11) is -0.307. The van der Waals surface area contributed by atoms with Crippen LogP contribution in [0.3, 0.4) is 0 Å². The molecule has 0 radical (unpaired) electrons. The molecule has 0 aliphatic carbocycles. The fourth-order valence-corrected chi connectivity index (χ4v) is 3.93. The van der Waals surface area contributed by atoms with Crippen molar-refractivity contribution in [2.75, 3.05) is 14.1 Å². The topological polar surface area (TPSA) is 49.4 Å². The summed E-state index contributed by atoms with van der Waals surface area (Å²) in [5.41, 5.74) is 3.55. The minimum atomic E-state index is -3.41. The van der Waals surface area contributed by atoms with Gasteiger partial charge in [-0.1, -0.05) is 57.2 Å².